The van der Waals surface area contributed by atoms with Crippen LogP contribution in [0.15, 0.2) is 36.4 Å². The summed E-state index contributed by atoms with van der Waals surface area (Å²) in [5.74, 6) is -3.20. The molecule has 19 heavy (non-hydrogen) atoms. The Morgan fingerprint density at radius 3 is 2.47 bits per heavy atom. The first kappa shape index (κ1) is 13.3. The minimum Gasteiger partial charge on any atom is -0.506 e. The van der Waals surface area contributed by atoms with Crippen LogP contribution in [0, 0.1) is 11.6 Å². The lowest BCUT2D eigenvalue weighted by Gasteiger charge is -2.08. The number of anilines is 1. The van der Waals surface area contributed by atoms with Gasteiger partial charge in [0.1, 0.15) is 5.75 Å². The minimum absolute atomic E-state index is 0.144. The first-order chi connectivity index (χ1) is 8.99. The fourth-order valence-electron chi connectivity index (χ4n) is 1.47. The van der Waals surface area contributed by atoms with Gasteiger partial charge in [-0.2, -0.15) is 0 Å². The second-order valence-corrected chi connectivity index (χ2v) is 4.12. The summed E-state index contributed by atoms with van der Waals surface area (Å²) in [4.78, 5) is 11.9. The SMILES string of the molecule is O=C(Nc1ccccc1O)c1cc(F)c(F)cc1Cl. The van der Waals surface area contributed by atoms with Gasteiger partial charge in [0.05, 0.1) is 16.3 Å². The van der Waals surface area contributed by atoms with E-state index in [1.165, 1.54) is 12.1 Å². The zero-order valence-electron chi connectivity index (χ0n) is 9.45. The summed E-state index contributed by atoms with van der Waals surface area (Å²) in [5, 5.41) is 11.6. The number of halogens is 3. The van der Waals surface area contributed by atoms with Crippen LogP contribution in [0.3, 0.4) is 0 Å². The normalized spacial score (nSPS) is 10.3. The van der Waals surface area contributed by atoms with E-state index < -0.39 is 17.5 Å². The first-order valence-electron chi connectivity index (χ1n) is 5.23. The van der Waals surface area contributed by atoms with E-state index in [4.69, 9.17) is 11.6 Å². The number of nitrogens with one attached hydrogen (secondary N) is 1. The molecular formula is C13H8ClF2NO2. The first-order valence-corrected chi connectivity index (χ1v) is 5.60. The van der Waals surface area contributed by atoms with E-state index in [2.05, 4.69) is 5.32 Å². The Bertz CT molecular complexity index is 647. The molecule has 6 heteroatoms. The molecular weight excluding hydrogens is 276 g/mol. The topological polar surface area (TPSA) is 49.3 Å². The van der Waals surface area contributed by atoms with Crippen molar-refractivity contribution in [2.45, 2.75) is 0 Å². The van der Waals surface area contributed by atoms with Crippen molar-refractivity contribution in [3.8, 4) is 5.75 Å². The summed E-state index contributed by atoms with van der Waals surface area (Å²) in [6.45, 7) is 0. The highest BCUT2D eigenvalue weighted by atomic mass is 35.5. The zero-order valence-corrected chi connectivity index (χ0v) is 10.2. The molecule has 98 valence electrons. The van der Waals surface area contributed by atoms with E-state index in [9.17, 15) is 18.7 Å². The van der Waals surface area contributed by atoms with Gasteiger partial charge in [-0.15, -0.1) is 0 Å². The molecule has 2 aromatic carbocycles. The predicted molar refractivity (Wildman–Crippen MR) is 67.4 cm³/mol. The summed E-state index contributed by atoms with van der Waals surface area (Å²) in [7, 11) is 0. The molecule has 0 atom stereocenters. The van der Waals surface area contributed by atoms with Crippen LogP contribution in [-0.4, -0.2) is 11.0 Å². The maximum Gasteiger partial charge on any atom is 0.257 e. The van der Waals surface area contributed by atoms with Gasteiger partial charge in [0, 0.05) is 0 Å². The van der Waals surface area contributed by atoms with Crippen molar-refractivity contribution >= 4 is 23.2 Å². The molecule has 0 bridgehead atoms. The van der Waals surface area contributed by atoms with Crippen molar-refractivity contribution in [1.29, 1.82) is 0 Å². The van der Waals surface area contributed by atoms with Crippen molar-refractivity contribution < 1.29 is 18.7 Å². The number of carbonyl (C=O) groups is 1. The van der Waals surface area contributed by atoms with Crippen molar-refractivity contribution in [3.63, 3.8) is 0 Å². The Labute approximate surface area is 112 Å². The fourth-order valence-corrected chi connectivity index (χ4v) is 1.70. The third-order valence-electron chi connectivity index (χ3n) is 2.41. The van der Waals surface area contributed by atoms with Gasteiger partial charge >= 0.3 is 0 Å². The Hall–Kier alpha value is -2.14. The summed E-state index contributed by atoms with van der Waals surface area (Å²) in [6, 6.07) is 7.44. The molecule has 0 spiro atoms. The number of hydrogen-bond acceptors (Lipinski definition) is 2. The number of hydrogen-bond donors (Lipinski definition) is 2. The molecule has 0 saturated heterocycles. The van der Waals surface area contributed by atoms with Crippen molar-refractivity contribution in [1.82, 2.24) is 0 Å². The summed E-state index contributed by atoms with van der Waals surface area (Å²) in [6.07, 6.45) is 0. The van der Waals surface area contributed by atoms with Gasteiger partial charge < -0.3 is 10.4 Å². The average molecular weight is 284 g/mol. The van der Waals surface area contributed by atoms with E-state index in [0.29, 0.717) is 6.07 Å². The van der Waals surface area contributed by atoms with Crippen LogP contribution < -0.4 is 5.32 Å². The number of para-hydroxylation sites is 2. The lowest BCUT2D eigenvalue weighted by Crippen LogP contribution is -2.13. The highest BCUT2D eigenvalue weighted by Crippen LogP contribution is 2.25. The van der Waals surface area contributed by atoms with Gasteiger partial charge in [0.2, 0.25) is 0 Å². The number of carbonyl (C=O) groups excluding carboxylic acids is 1. The molecule has 0 fully saturated rings. The third kappa shape index (κ3) is 2.82. The van der Waals surface area contributed by atoms with Crippen molar-refractivity contribution in [3.05, 3.63) is 58.6 Å². The van der Waals surface area contributed by atoms with Crippen LogP contribution in [0.5, 0.6) is 5.75 Å². The average Bonchev–Trinajstić information content (AvgIpc) is 2.36. The van der Waals surface area contributed by atoms with E-state index in [1.807, 2.05) is 0 Å². The molecule has 0 saturated carbocycles. The number of phenols is 1. The van der Waals surface area contributed by atoms with Crippen LogP contribution >= 0.6 is 11.6 Å². The molecule has 0 aliphatic carbocycles. The summed E-state index contributed by atoms with van der Waals surface area (Å²) >= 11 is 5.67. The minimum atomic E-state index is -1.17. The van der Waals surface area contributed by atoms with Crippen LogP contribution in [0.4, 0.5) is 14.5 Å². The second kappa shape index (κ2) is 5.24. The highest BCUT2D eigenvalue weighted by molar-refractivity contribution is 6.34. The standard InChI is InChI=1S/C13H8ClF2NO2/c14-8-6-10(16)9(15)5-7(8)13(19)17-11-3-1-2-4-12(11)18/h1-6,18H,(H,17,19). The van der Waals surface area contributed by atoms with Gasteiger partial charge in [-0.3, -0.25) is 4.79 Å². The molecule has 2 aromatic rings. The van der Waals surface area contributed by atoms with E-state index in [1.54, 1.807) is 12.1 Å². The van der Waals surface area contributed by atoms with Crippen LogP contribution in [0.1, 0.15) is 10.4 Å². The molecule has 0 unspecified atom stereocenters. The maximum atomic E-state index is 13.1. The lowest BCUT2D eigenvalue weighted by molar-refractivity contribution is 0.102. The molecule has 0 radical (unpaired) electrons. The molecule has 2 rings (SSSR count). The lowest BCUT2D eigenvalue weighted by atomic mass is 10.2. The van der Waals surface area contributed by atoms with Crippen LogP contribution in [-0.2, 0) is 0 Å². The van der Waals surface area contributed by atoms with E-state index in [0.717, 1.165) is 6.07 Å². The number of aromatic hydroxyl groups is 1. The number of phenolic OH excluding ortho intramolecular Hbond substituents is 1. The van der Waals surface area contributed by atoms with Gasteiger partial charge in [-0.05, 0) is 24.3 Å². The van der Waals surface area contributed by atoms with Gasteiger partial charge in [0.15, 0.2) is 11.6 Å². The Balaban J connectivity index is 2.31. The molecule has 0 aliphatic rings. The maximum absolute atomic E-state index is 13.1. The number of amides is 1. The highest BCUT2D eigenvalue weighted by Gasteiger charge is 2.16. The molecule has 0 heterocycles. The third-order valence-corrected chi connectivity index (χ3v) is 2.72. The van der Waals surface area contributed by atoms with Gasteiger partial charge in [-0.1, -0.05) is 23.7 Å². The summed E-state index contributed by atoms with van der Waals surface area (Å²) < 4.78 is 26.0. The van der Waals surface area contributed by atoms with Gasteiger partial charge in [-0.25, -0.2) is 8.78 Å². The monoisotopic (exact) mass is 283 g/mol. The Morgan fingerprint density at radius 2 is 1.79 bits per heavy atom. The predicted octanol–water partition coefficient (Wildman–Crippen LogP) is 3.58. The Morgan fingerprint density at radius 1 is 1.16 bits per heavy atom. The molecule has 1 amide bonds. The van der Waals surface area contributed by atoms with E-state index >= 15 is 0 Å². The molecule has 2 N–H and O–H groups in total. The summed E-state index contributed by atoms with van der Waals surface area (Å²) in [5.41, 5.74) is -0.0721. The van der Waals surface area contributed by atoms with Crippen molar-refractivity contribution in [2.24, 2.45) is 0 Å². The Kier molecular flexibility index (Phi) is 3.66. The molecule has 3 nitrogen and oxygen atoms in total. The quantitative estimate of drug-likeness (QED) is 0.654. The number of rotatable bonds is 2. The van der Waals surface area contributed by atoms with Crippen molar-refractivity contribution in [2.75, 3.05) is 5.32 Å². The van der Waals surface area contributed by atoms with Crippen LogP contribution in [0.25, 0.3) is 0 Å². The van der Waals surface area contributed by atoms with Gasteiger partial charge in [0.25, 0.3) is 5.91 Å². The largest absolute Gasteiger partial charge is 0.506 e. The fraction of sp³-hybridized carbons (Fsp3) is 0. The second-order valence-electron chi connectivity index (χ2n) is 3.72. The molecule has 0 aliphatic heterocycles. The van der Waals surface area contributed by atoms with Crippen LogP contribution in [0.2, 0.25) is 5.02 Å². The smallest absolute Gasteiger partial charge is 0.257 e. The number of benzene rings is 2. The molecule has 0 aromatic heterocycles. The zero-order chi connectivity index (χ0) is 14.0. The van der Waals surface area contributed by atoms with E-state index in [-0.39, 0.29) is 22.0 Å².